The minimum Gasteiger partial charge on any atom is -0.300 e. The van der Waals surface area contributed by atoms with Crippen molar-refractivity contribution in [2.45, 2.75) is 50.6 Å². The van der Waals surface area contributed by atoms with E-state index in [0.29, 0.717) is 12.1 Å². The molecule has 2 N–H and O–H groups in total. The van der Waals surface area contributed by atoms with E-state index >= 15 is 0 Å². The van der Waals surface area contributed by atoms with E-state index in [9.17, 15) is 0 Å². The normalized spacial score (nSPS) is 35.8. The summed E-state index contributed by atoms with van der Waals surface area (Å²) in [5.74, 6) is 1.86. The average Bonchev–Trinajstić information content (AvgIpc) is 2.52. The smallest absolute Gasteiger partial charge is 0.0459 e. The molecule has 0 aromatic heterocycles. The topological polar surface area (TPSA) is 24.1 Å². The fourth-order valence-corrected chi connectivity index (χ4v) is 3.28. The van der Waals surface area contributed by atoms with Crippen molar-refractivity contribution in [2.75, 3.05) is 12.4 Å². The Morgan fingerprint density at radius 1 is 1.00 bits per heavy atom. The molecule has 1 aliphatic carbocycles. The van der Waals surface area contributed by atoms with Gasteiger partial charge in [0.05, 0.1) is 0 Å². The Kier molecular flexibility index (Phi) is 4.14. The molecule has 0 spiro atoms. The summed E-state index contributed by atoms with van der Waals surface area (Å²) in [5, 5.41) is 7.08. The Labute approximate surface area is 92.6 Å². The fraction of sp³-hybridized carbons (Fsp3) is 1.00. The quantitative estimate of drug-likeness (QED) is 0.482. The van der Waals surface area contributed by atoms with Crippen molar-refractivity contribution < 1.29 is 0 Å². The second kappa shape index (κ2) is 5.38. The van der Waals surface area contributed by atoms with Gasteiger partial charge in [-0.05, 0) is 18.8 Å². The Balaban J connectivity index is 1.91. The highest BCUT2D eigenvalue weighted by molar-refractivity contribution is 7.80. The van der Waals surface area contributed by atoms with Crippen LogP contribution in [0.4, 0.5) is 0 Å². The minimum atomic E-state index is 0.599. The van der Waals surface area contributed by atoms with Gasteiger partial charge in [-0.25, -0.2) is 0 Å². The predicted molar refractivity (Wildman–Crippen MR) is 63.8 cm³/mol. The molecule has 0 radical (unpaired) electrons. The van der Waals surface area contributed by atoms with Crippen LogP contribution < -0.4 is 10.6 Å². The maximum absolute atomic E-state index is 4.42. The van der Waals surface area contributed by atoms with E-state index in [1.165, 1.54) is 38.5 Å². The average molecular weight is 214 g/mol. The van der Waals surface area contributed by atoms with Crippen LogP contribution in [0, 0.1) is 5.92 Å². The Morgan fingerprint density at radius 2 is 1.71 bits per heavy atom. The second-order valence-electron chi connectivity index (χ2n) is 4.65. The van der Waals surface area contributed by atoms with E-state index in [-0.39, 0.29) is 0 Å². The SMILES string of the molecule is SCC1NCNC1C1CCCCCC1. The highest BCUT2D eigenvalue weighted by Crippen LogP contribution is 2.28. The standard InChI is InChI=1S/C11H22N2S/c14-7-10-11(13-8-12-10)9-5-3-1-2-4-6-9/h9-14H,1-8H2. The lowest BCUT2D eigenvalue weighted by atomic mass is 9.89. The molecule has 2 aliphatic rings. The lowest BCUT2D eigenvalue weighted by molar-refractivity contribution is 0.330. The number of hydrogen-bond donors (Lipinski definition) is 3. The van der Waals surface area contributed by atoms with Gasteiger partial charge < -0.3 is 0 Å². The first-order chi connectivity index (χ1) is 6.92. The van der Waals surface area contributed by atoms with Crippen molar-refractivity contribution >= 4 is 12.6 Å². The molecule has 14 heavy (non-hydrogen) atoms. The highest BCUT2D eigenvalue weighted by atomic mass is 32.1. The lowest BCUT2D eigenvalue weighted by Crippen LogP contribution is -2.41. The summed E-state index contributed by atoms with van der Waals surface area (Å²) in [5.41, 5.74) is 0. The van der Waals surface area contributed by atoms with Gasteiger partial charge in [0.15, 0.2) is 0 Å². The first kappa shape index (κ1) is 10.8. The maximum Gasteiger partial charge on any atom is 0.0459 e. The molecule has 0 aromatic rings. The van der Waals surface area contributed by atoms with E-state index in [1.54, 1.807) is 0 Å². The molecule has 0 aromatic carbocycles. The molecule has 82 valence electrons. The van der Waals surface area contributed by atoms with E-state index in [2.05, 4.69) is 23.3 Å². The Morgan fingerprint density at radius 3 is 2.36 bits per heavy atom. The maximum atomic E-state index is 4.42. The summed E-state index contributed by atoms with van der Waals surface area (Å²) in [7, 11) is 0. The van der Waals surface area contributed by atoms with E-state index < -0.39 is 0 Å². The van der Waals surface area contributed by atoms with Crippen molar-refractivity contribution in [2.24, 2.45) is 5.92 Å². The molecule has 0 bridgehead atoms. The molecule has 2 unspecified atom stereocenters. The van der Waals surface area contributed by atoms with Crippen LogP contribution in [0.5, 0.6) is 0 Å². The predicted octanol–water partition coefficient (Wildman–Crippen LogP) is 1.77. The summed E-state index contributed by atoms with van der Waals surface area (Å²) >= 11 is 4.42. The van der Waals surface area contributed by atoms with Crippen LogP contribution in [-0.4, -0.2) is 24.5 Å². The monoisotopic (exact) mass is 214 g/mol. The van der Waals surface area contributed by atoms with Gasteiger partial charge in [0, 0.05) is 24.5 Å². The van der Waals surface area contributed by atoms with Gasteiger partial charge in [-0.1, -0.05) is 25.7 Å². The summed E-state index contributed by atoms with van der Waals surface area (Å²) < 4.78 is 0. The highest BCUT2D eigenvalue weighted by Gasteiger charge is 2.32. The van der Waals surface area contributed by atoms with Crippen LogP contribution in [0.2, 0.25) is 0 Å². The molecule has 2 fully saturated rings. The summed E-state index contributed by atoms with van der Waals surface area (Å²) in [6.45, 7) is 0.979. The molecule has 2 nitrogen and oxygen atoms in total. The summed E-state index contributed by atoms with van der Waals surface area (Å²) in [6.07, 6.45) is 8.60. The number of thiol groups is 1. The van der Waals surface area contributed by atoms with E-state index in [0.717, 1.165) is 18.3 Å². The van der Waals surface area contributed by atoms with E-state index in [4.69, 9.17) is 0 Å². The molecule has 1 saturated carbocycles. The zero-order chi connectivity index (χ0) is 9.80. The third-order valence-electron chi connectivity index (χ3n) is 3.74. The number of nitrogens with one attached hydrogen (secondary N) is 2. The largest absolute Gasteiger partial charge is 0.300 e. The fourth-order valence-electron chi connectivity index (χ4n) is 2.92. The zero-order valence-electron chi connectivity index (χ0n) is 8.84. The van der Waals surface area contributed by atoms with Crippen molar-refractivity contribution in [3.05, 3.63) is 0 Å². The van der Waals surface area contributed by atoms with Gasteiger partial charge in [-0.3, -0.25) is 10.6 Å². The molecule has 3 heteroatoms. The van der Waals surface area contributed by atoms with Crippen molar-refractivity contribution in [1.29, 1.82) is 0 Å². The number of hydrogen-bond acceptors (Lipinski definition) is 3. The Bertz CT molecular complexity index is 167. The van der Waals surface area contributed by atoms with Crippen LogP contribution in [-0.2, 0) is 0 Å². The van der Waals surface area contributed by atoms with Gasteiger partial charge in [-0.2, -0.15) is 12.6 Å². The minimum absolute atomic E-state index is 0.599. The molecule has 1 heterocycles. The van der Waals surface area contributed by atoms with Crippen LogP contribution in [0.15, 0.2) is 0 Å². The zero-order valence-corrected chi connectivity index (χ0v) is 9.73. The molecular weight excluding hydrogens is 192 g/mol. The first-order valence-corrected chi connectivity index (χ1v) is 6.62. The molecule has 1 aliphatic heterocycles. The van der Waals surface area contributed by atoms with Gasteiger partial charge >= 0.3 is 0 Å². The van der Waals surface area contributed by atoms with Crippen molar-refractivity contribution in [3.63, 3.8) is 0 Å². The van der Waals surface area contributed by atoms with Crippen molar-refractivity contribution in [3.8, 4) is 0 Å². The molecule has 2 rings (SSSR count). The number of rotatable bonds is 2. The molecule has 2 atom stereocenters. The third-order valence-corrected chi connectivity index (χ3v) is 4.13. The third kappa shape index (κ3) is 2.44. The Hall–Kier alpha value is 0.270. The van der Waals surface area contributed by atoms with E-state index in [1.807, 2.05) is 0 Å². The first-order valence-electron chi connectivity index (χ1n) is 5.99. The second-order valence-corrected chi connectivity index (χ2v) is 5.02. The van der Waals surface area contributed by atoms with Crippen LogP contribution in [0.25, 0.3) is 0 Å². The summed E-state index contributed by atoms with van der Waals surface area (Å²) in [4.78, 5) is 0. The van der Waals surface area contributed by atoms with Crippen LogP contribution in [0.3, 0.4) is 0 Å². The van der Waals surface area contributed by atoms with Crippen LogP contribution in [0.1, 0.15) is 38.5 Å². The summed E-state index contributed by atoms with van der Waals surface area (Å²) in [6, 6.07) is 1.28. The van der Waals surface area contributed by atoms with Gasteiger partial charge in [0.1, 0.15) is 0 Å². The molecule has 1 saturated heterocycles. The van der Waals surface area contributed by atoms with Gasteiger partial charge in [0.25, 0.3) is 0 Å². The van der Waals surface area contributed by atoms with Crippen molar-refractivity contribution in [1.82, 2.24) is 10.6 Å². The van der Waals surface area contributed by atoms with Crippen LogP contribution >= 0.6 is 12.6 Å². The molecular formula is C11H22N2S. The molecule has 0 amide bonds. The lowest BCUT2D eigenvalue weighted by Gasteiger charge is -2.26. The van der Waals surface area contributed by atoms with Gasteiger partial charge in [0.2, 0.25) is 0 Å². The van der Waals surface area contributed by atoms with Gasteiger partial charge in [-0.15, -0.1) is 0 Å².